The molecular formula is C3HF6Na. The molecule has 0 bridgehead atoms. The number of halogens is 6. The first-order valence-corrected chi connectivity index (χ1v) is 3.23. The second-order valence-corrected chi connectivity index (χ2v) is 3.33. The van der Waals surface area contributed by atoms with Crippen molar-refractivity contribution in [2.75, 3.05) is 0 Å². The second kappa shape index (κ2) is 2.91. The molecule has 0 nitrogen and oxygen atoms in total. The van der Waals surface area contributed by atoms with Gasteiger partial charge < -0.3 is 0 Å². The van der Waals surface area contributed by atoms with Gasteiger partial charge >= 0.3 is 69.8 Å². The first-order chi connectivity index (χ1) is 4.19. The van der Waals surface area contributed by atoms with Crippen LogP contribution in [0.15, 0.2) is 0 Å². The predicted molar refractivity (Wildman–Crippen MR) is 21.7 cm³/mol. The van der Waals surface area contributed by atoms with E-state index in [9.17, 15) is 26.3 Å². The zero-order chi connectivity index (χ0) is 8.58. The summed E-state index contributed by atoms with van der Waals surface area (Å²) in [5, 5.41) is 0. The van der Waals surface area contributed by atoms with Gasteiger partial charge in [0, 0.05) is 0 Å². The van der Waals surface area contributed by atoms with Crippen LogP contribution in [0.4, 0.5) is 26.3 Å². The Morgan fingerprint density at radius 3 is 1.30 bits per heavy atom. The molecule has 0 heterocycles. The predicted octanol–water partition coefficient (Wildman–Crippen LogP) is 1.65. The number of hydrogen-bond donors (Lipinski definition) is 0. The van der Waals surface area contributed by atoms with E-state index in [-0.39, 0.29) is 0 Å². The quantitative estimate of drug-likeness (QED) is 0.418. The molecule has 0 saturated carbocycles. The maximum absolute atomic E-state index is 11.9. The first-order valence-electron chi connectivity index (χ1n) is 2.23. The molecule has 0 aromatic heterocycles. The van der Waals surface area contributed by atoms with Crippen molar-refractivity contribution in [1.29, 1.82) is 0 Å². The van der Waals surface area contributed by atoms with Gasteiger partial charge in [0.1, 0.15) is 0 Å². The van der Waals surface area contributed by atoms with Crippen LogP contribution in [0, 0.1) is 0 Å². The Morgan fingerprint density at radius 2 is 1.30 bits per heavy atom. The minimum atomic E-state index is -5.44. The van der Waals surface area contributed by atoms with Crippen LogP contribution in [-0.4, -0.2) is 43.5 Å². The summed E-state index contributed by atoms with van der Waals surface area (Å²) < 4.78 is 63.9. The molecule has 0 rings (SSSR count). The van der Waals surface area contributed by atoms with Crippen LogP contribution < -0.4 is 0 Å². The van der Waals surface area contributed by atoms with Crippen LogP contribution in [0.25, 0.3) is 0 Å². The molecule has 0 aliphatic heterocycles. The Morgan fingerprint density at radius 1 is 1.00 bits per heavy atom. The molecule has 0 aromatic carbocycles. The van der Waals surface area contributed by atoms with E-state index in [2.05, 4.69) is 0 Å². The van der Waals surface area contributed by atoms with Gasteiger partial charge in [0.15, 0.2) is 0 Å². The summed E-state index contributed by atoms with van der Waals surface area (Å²) in [4.78, 5) is 0. The third-order valence-electron chi connectivity index (χ3n) is 0.964. The molecule has 7 heteroatoms. The van der Waals surface area contributed by atoms with E-state index in [0.29, 0.717) is 0 Å². The van der Waals surface area contributed by atoms with Gasteiger partial charge in [0.2, 0.25) is 0 Å². The standard InChI is InChI=1S/C3HF6.Na/c4-1(2(5)6)3(7,8)9;/h2H;. The summed E-state index contributed by atoms with van der Waals surface area (Å²) in [6.45, 7) is 0. The molecule has 0 amide bonds. The number of alkyl halides is 6. The van der Waals surface area contributed by atoms with Gasteiger partial charge in [-0.15, -0.1) is 0 Å². The summed E-state index contributed by atoms with van der Waals surface area (Å²) in [5.74, 6) is 0. The van der Waals surface area contributed by atoms with Crippen molar-refractivity contribution < 1.29 is 26.3 Å². The zero-order valence-corrected chi connectivity index (χ0v) is 6.85. The Kier molecular flexibility index (Phi) is 3.07. The van der Waals surface area contributed by atoms with Crippen LogP contribution in [-0.2, 0) is 0 Å². The molecule has 0 fully saturated rings. The van der Waals surface area contributed by atoms with Crippen LogP contribution in [0.1, 0.15) is 0 Å². The monoisotopic (exact) mass is 174 g/mol. The molecule has 0 radical (unpaired) electrons. The summed E-state index contributed by atoms with van der Waals surface area (Å²) >= 11 is -1.25. The van der Waals surface area contributed by atoms with Crippen molar-refractivity contribution in [3.63, 3.8) is 0 Å². The van der Waals surface area contributed by atoms with Crippen molar-refractivity contribution in [1.82, 2.24) is 0 Å². The van der Waals surface area contributed by atoms with E-state index in [1.807, 2.05) is 0 Å². The Bertz CT molecular complexity index is 115. The third kappa shape index (κ3) is 2.03. The molecule has 0 N–H and O–H groups in total. The Balaban J connectivity index is 4.40. The zero-order valence-electron chi connectivity index (χ0n) is 4.85. The number of hydrogen-bond acceptors (Lipinski definition) is 0. The summed E-state index contributed by atoms with van der Waals surface area (Å²) in [6, 6.07) is 0. The van der Waals surface area contributed by atoms with Crippen molar-refractivity contribution in [3.8, 4) is 0 Å². The fraction of sp³-hybridized carbons (Fsp3) is 1.00. The molecule has 56 valence electrons. The molecule has 0 aliphatic rings. The van der Waals surface area contributed by atoms with Crippen molar-refractivity contribution >= 4 is 27.9 Å². The second-order valence-electron chi connectivity index (χ2n) is 1.87. The topological polar surface area (TPSA) is 0 Å². The van der Waals surface area contributed by atoms with Crippen molar-refractivity contribution in [2.45, 2.75) is 15.5 Å². The van der Waals surface area contributed by atoms with Crippen molar-refractivity contribution in [2.24, 2.45) is 0 Å². The fourth-order valence-electron chi connectivity index (χ4n) is 0.124. The van der Waals surface area contributed by atoms with E-state index < -0.39 is 43.5 Å². The maximum atomic E-state index is 11.9. The Labute approximate surface area is 70.0 Å². The van der Waals surface area contributed by atoms with Gasteiger partial charge in [-0.2, -0.15) is 0 Å². The van der Waals surface area contributed by atoms with E-state index in [4.69, 9.17) is 0 Å². The summed E-state index contributed by atoms with van der Waals surface area (Å²) in [7, 11) is 0. The Hall–Kier alpha value is 0.580. The first kappa shape index (κ1) is 10.6. The van der Waals surface area contributed by atoms with E-state index >= 15 is 0 Å². The average Bonchev–Trinajstić information content (AvgIpc) is 1.62. The van der Waals surface area contributed by atoms with Gasteiger partial charge in [-0.05, 0) is 0 Å². The van der Waals surface area contributed by atoms with Gasteiger partial charge in [-0.3, -0.25) is 0 Å². The van der Waals surface area contributed by atoms with E-state index in [1.165, 1.54) is 0 Å². The minimum absolute atomic E-state index is 1.25. The summed E-state index contributed by atoms with van der Waals surface area (Å²) in [6.07, 6.45) is -9.41. The normalized spacial score (nSPS) is 19.3. The van der Waals surface area contributed by atoms with Gasteiger partial charge in [-0.1, -0.05) is 0 Å². The summed E-state index contributed by atoms with van der Waals surface area (Å²) in [5.41, 5.74) is 0. The van der Waals surface area contributed by atoms with E-state index in [1.54, 1.807) is 0 Å². The molecule has 1 unspecified atom stereocenters. The van der Waals surface area contributed by atoms with Gasteiger partial charge in [0.05, 0.1) is 0 Å². The van der Waals surface area contributed by atoms with Crippen LogP contribution >= 0.6 is 0 Å². The number of rotatable bonds is 1. The van der Waals surface area contributed by atoms with E-state index in [0.717, 1.165) is 0 Å². The van der Waals surface area contributed by atoms with Gasteiger partial charge in [-0.25, -0.2) is 0 Å². The molecule has 1 atom stereocenters. The van der Waals surface area contributed by atoms with Gasteiger partial charge in [0.25, 0.3) is 0 Å². The molecule has 0 spiro atoms. The SMILES string of the molecule is FC(F)[C](F)([Na])C(F)(F)F. The molecule has 0 aliphatic carbocycles. The fourth-order valence-corrected chi connectivity index (χ4v) is 0.124. The third-order valence-corrected chi connectivity index (χ3v) is 1.97. The molecular weight excluding hydrogens is 173 g/mol. The average molecular weight is 174 g/mol. The van der Waals surface area contributed by atoms with Crippen molar-refractivity contribution in [3.05, 3.63) is 0 Å². The van der Waals surface area contributed by atoms with Crippen LogP contribution in [0.2, 0.25) is 0 Å². The van der Waals surface area contributed by atoms with Crippen LogP contribution in [0.5, 0.6) is 0 Å². The molecule has 0 aromatic rings. The molecule has 0 saturated heterocycles. The van der Waals surface area contributed by atoms with Crippen LogP contribution in [0.3, 0.4) is 0 Å². The molecule has 10 heavy (non-hydrogen) atoms.